The molecule has 0 spiro atoms. The highest BCUT2D eigenvalue weighted by Gasteiger charge is 2.20. The van der Waals surface area contributed by atoms with Crippen LogP contribution < -0.4 is 10.9 Å². The van der Waals surface area contributed by atoms with Crippen LogP contribution in [0.15, 0.2) is 42.6 Å². The first-order valence-corrected chi connectivity index (χ1v) is 6.60. The van der Waals surface area contributed by atoms with Crippen molar-refractivity contribution in [2.24, 2.45) is 0 Å². The Morgan fingerprint density at radius 1 is 1.20 bits per heavy atom. The summed E-state index contributed by atoms with van der Waals surface area (Å²) in [7, 11) is 0. The lowest BCUT2D eigenvalue weighted by atomic mass is 10.0. The first-order valence-electron chi connectivity index (χ1n) is 6.60. The Bertz CT molecular complexity index is 665. The number of aryl methyl sites for hydroxylation is 2. The molecular weight excluding hydrogens is 250 g/mol. The highest BCUT2D eigenvalue weighted by atomic mass is 16.3. The molecule has 0 fully saturated rings. The summed E-state index contributed by atoms with van der Waals surface area (Å²) in [4.78, 5) is 4.34. The Morgan fingerprint density at radius 2 is 2.05 bits per heavy atom. The Balaban J connectivity index is 1.97. The average Bonchev–Trinajstić information content (AvgIpc) is 2.93. The van der Waals surface area contributed by atoms with Gasteiger partial charge in [-0.1, -0.05) is 12.1 Å². The molecule has 0 saturated heterocycles. The Hall–Kier alpha value is -2.33. The van der Waals surface area contributed by atoms with Crippen molar-refractivity contribution in [1.29, 1.82) is 0 Å². The number of hydrazine groups is 1. The summed E-state index contributed by atoms with van der Waals surface area (Å²) >= 11 is 0. The molecule has 1 unspecified atom stereocenters. The molecule has 1 atom stereocenters. The lowest BCUT2D eigenvalue weighted by Crippen LogP contribution is -2.26. The normalized spacial score (nSPS) is 17.7. The van der Waals surface area contributed by atoms with Gasteiger partial charge in [-0.2, -0.15) is 0 Å². The van der Waals surface area contributed by atoms with E-state index in [2.05, 4.69) is 15.8 Å². The molecule has 4 nitrogen and oxygen atoms in total. The van der Waals surface area contributed by atoms with Crippen LogP contribution in [0.1, 0.15) is 28.4 Å². The summed E-state index contributed by atoms with van der Waals surface area (Å²) in [5.74, 6) is 0.317. The molecule has 1 aliphatic rings. The molecule has 0 saturated carbocycles. The molecule has 20 heavy (non-hydrogen) atoms. The van der Waals surface area contributed by atoms with Gasteiger partial charge in [-0.05, 0) is 49.2 Å². The second-order valence-corrected chi connectivity index (χ2v) is 5.06. The van der Waals surface area contributed by atoms with Gasteiger partial charge in [0, 0.05) is 11.8 Å². The third-order valence-electron chi connectivity index (χ3n) is 3.44. The summed E-state index contributed by atoms with van der Waals surface area (Å²) in [5.41, 5.74) is 10.9. The van der Waals surface area contributed by atoms with Gasteiger partial charge in [0.15, 0.2) is 0 Å². The highest BCUT2D eigenvalue weighted by Crippen LogP contribution is 2.31. The number of benzene rings is 1. The minimum atomic E-state index is 0.00594. The van der Waals surface area contributed by atoms with Crippen molar-refractivity contribution in [2.75, 3.05) is 0 Å². The van der Waals surface area contributed by atoms with E-state index in [9.17, 15) is 5.11 Å². The minimum absolute atomic E-state index is 0.00594. The van der Waals surface area contributed by atoms with E-state index in [0.29, 0.717) is 5.75 Å². The van der Waals surface area contributed by atoms with E-state index in [1.165, 1.54) is 0 Å². The average molecular weight is 267 g/mol. The van der Waals surface area contributed by atoms with Gasteiger partial charge in [-0.25, -0.2) is 5.43 Å². The second kappa shape index (κ2) is 4.98. The van der Waals surface area contributed by atoms with Gasteiger partial charge in [0.2, 0.25) is 0 Å². The number of nitrogens with zero attached hydrogens (tertiary/aromatic N) is 1. The molecule has 3 N–H and O–H groups in total. The summed E-state index contributed by atoms with van der Waals surface area (Å²) in [6.45, 7) is 3.93. The number of pyridine rings is 1. The number of hydrogen-bond acceptors (Lipinski definition) is 4. The number of aromatic hydroxyl groups is 1. The molecule has 102 valence electrons. The van der Waals surface area contributed by atoms with Crippen molar-refractivity contribution < 1.29 is 5.11 Å². The maximum atomic E-state index is 10.2. The molecule has 0 aliphatic carbocycles. The molecule has 4 heteroatoms. The maximum absolute atomic E-state index is 10.2. The SMILES string of the molecule is Cc1cc(C)c(O)c(C2=CC(c3ccccn3)NN2)c1. The van der Waals surface area contributed by atoms with Crippen LogP contribution >= 0.6 is 0 Å². The topological polar surface area (TPSA) is 57.2 Å². The van der Waals surface area contributed by atoms with Crippen molar-refractivity contribution >= 4 is 5.70 Å². The summed E-state index contributed by atoms with van der Waals surface area (Å²) in [5, 5.41) is 10.2. The van der Waals surface area contributed by atoms with Crippen LogP contribution in [0.3, 0.4) is 0 Å². The van der Waals surface area contributed by atoms with Gasteiger partial charge < -0.3 is 10.5 Å². The fraction of sp³-hybridized carbons (Fsp3) is 0.188. The molecule has 1 aromatic heterocycles. The van der Waals surface area contributed by atoms with E-state index in [4.69, 9.17) is 0 Å². The quantitative estimate of drug-likeness (QED) is 0.783. The Morgan fingerprint density at radius 3 is 2.80 bits per heavy atom. The number of aromatic nitrogens is 1. The molecule has 0 radical (unpaired) electrons. The van der Waals surface area contributed by atoms with Crippen molar-refractivity contribution in [3.8, 4) is 5.75 Å². The predicted octanol–water partition coefficient (Wildman–Crippen LogP) is 2.59. The zero-order valence-electron chi connectivity index (χ0n) is 11.5. The van der Waals surface area contributed by atoms with E-state index >= 15 is 0 Å². The number of nitrogens with one attached hydrogen (secondary N) is 2. The van der Waals surface area contributed by atoms with Crippen LogP contribution in [0.2, 0.25) is 0 Å². The van der Waals surface area contributed by atoms with Crippen LogP contribution in [0, 0.1) is 13.8 Å². The fourth-order valence-electron chi connectivity index (χ4n) is 2.45. The maximum Gasteiger partial charge on any atom is 0.127 e. The zero-order valence-corrected chi connectivity index (χ0v) is 11.5. The van der Waals surface area contributed by atoms with Crippen molar-refractivity contribution in [3.05, 3.63) is 65.0 Å². The van der Waals surface area contributed by atoms with E-state index in [1.54, 1.807) is 6.20 Å². The van der Waals surface area contributed by atoms with Gasteiger partial charge in [0.1, 0.15) is 5.75 Å². The number of hydrogen-bond donors (Lipinski definition) is 3. The first-order chi connectivity index (χ1) is 9.65. The van der Waals surface area contributed by atoms with Crippen molar-refractivity contribution in [3.63, 3.8) is 0 Å². The van der Waals surface area contributed by atoms with E-state index < -0.39 is 0 Å². The largest absolute Gasteiger partial charge is 0.507 e. The zero-order chi connectivity index (χ0) is 14.1. The van der Waals surface area contributed by atoms with E-state index in [-0.39, 0.29) is 6.04 Å². The Labute approximate surface area is 118 Å². The second-order valence-electron chi connectivity index (χ2n) is 5.06. The third-order valence-corrected chi connectivity index (χ3v) is 3.44. The fourth-order valence-corrected chi connectivity index (χ4v) is 2.45. The van der Waals surface area contributed by atoms with Crippen LogP contribution in [0.4, 0.5) is 0 Å². The molecule has 1 aromatic carbocycles. The monoisotopic (exact) mass is 267 g/mol. The van der Waals surface area contributed by atoms with Gasteiger partial charge in [0.05, 0.1) is 17.4 Å². The molecule has 2 aromatic rings. The molecule has 1 aliphatic heterocycles. The van der Waals surface area contributed by atoms with Crippen LogP contribution in [-0.4, -0.2) is 10.1 Å². The lowest BCUT2D eigenvalue weighted by Gasteiger charge is -2.10. The van der Waals surface area contributed by atoms with Crippen molar-refractivity contribution in [1.82, 2.24) is 15.8 Å². The summed E-state index contributed by atoms with van der Waals surface area (Å²) in [6.07, 6.45) is 3.81. The van der Waals surface area contributed by atoms with Gasteiger partial charge in [-0.15, -0.1) is 0 Å². The minimum Gasteiger partial charge on any atom is -0.507 e. The summed E-state index contributed by atoms with van der Waals surface area (Å²) < 4.78 is 0. The van der Waals surface area contributed by atoms with Crippen LogP contribution in [0.25, 0.3) is 5.70 Å². The number of rotatable bonds is 2. The third kappa shape index (κ3) is 2.26. The van der Waals surface area contributed by atoms with Gasteiger partial charge in [0.25, 0.3) is 0 Å². The first kappa shape index (κ1) is 12.7. The summed E-state index contributed by atoms with van der Waals surface area (Å²) in [6, 6.07) is 9.78. The Kier molecular flexibility index (Phi) is 3.16. The smallest absolute Gasteiger partial charge is 0.127 e. The predicted molar refractivity (Wildman–Crippen MR) is 78.8 cm³/mol. The van der Waals surface area contributed by atoms with E-state index in [0.717, 1.165) is 28.1 Å². The lowest BCUT2D eigenvalue weighted by molar-refractivity contribution is 0.468. The van der Waals surface area contributed by atoms with Crippen molar-refractivity contribution in [2.45, 2.75) is 19.9 Å². The molecule has 2 heterocycles. The van der Waals surface area contributed by atoms with Gasteiger partial charge in [-0.3, -0.25) is 4.98 Å². The standard InChI is InChI=1S/C16H17N3O/c1-10-7-11(2)16(20)12(8-10)14-9-15(19-18-14)13-5-3-4-6-17-13/h3-9,15,18-20H,1-2H3. The van der Waals surface area contributed by atoms with E-state index in [1.807, 2.05) is 50.3 Å². The van der Waals surface area contributed by atoms with Gasteiger partial charge >= 0.3 is 0 Å². The number of phenolic OH excluding ortho intramolecular Hbond substituents is 1. The molecule has 0 amide bonds. The van der Waals surface area contributed by atoms with Crippen LogP contribution in [0.5, 0.6) is 5.75 Å². The van der Waals surface area contributed by atoms with Crippen LogP contribution in [-0.2, 0) is 0 Å². The molecule has 3 rings (SSSR count). The number of phenols is 1. The molecular formula is C16H17N3O. The molecule has 0 bridgehead atoms. The highest BCUT2D eigenvalue weighted by molar-refractivity contribution is 5.72.